The van der Waals surface area contributed by atoms with Gasteiger partial charge in [0, 0.05) is 44.9 Å². The van der Waals surface area contributed by atoms with E-state index in [1.165, 1.54) is 0 Å². The minimum atomic E-state index is -0.888. The van der Waals surface area contributed by atoms with Crippen molar-refractivity contribution < 1.29 is 18.3 Å². The normalized spacial score (nSPS) is 13.7. The first kappa shape index (κ1) is 22.8. The van der Waals surface area contributed by atoms with E-state index in [0.717, 1.165) is 12.1 Å². The highest BCUT2D eigenvalue weighted by Gasteiger charge is 2.25. The Kier molecular flexibility index (Phi) is 6.08. The van der Waals surface area contributed by atoms with E-state index in [0.29, 0.717) is 65.4 Å². The lowest BCUT2D eigenvalue weighted by molar-refractivity contribution is 0.200. The Morgan fingerprint density at radius 1 is 1.17 bits per heavy atom. The quantitative estimate of drug-likeness (QED) is 0.388. The average Bonchev–Trinajstić information content (AvgIpc) is 3.40. The third kappa shape index (κ3) is 4.54. The van der Waals surface area contributed by atoms with E-state index >= 15 is 0 Å². The number of benzene rings is 2. The van der Waals surface area contributed by atoms with E-state index in [-0.39, 0.29) is 17.8 Å². The van der Waals surface area contributed by atoms with Crippen LogP contribution >= 0.6 is 11.6 Å². The fourth-order valence-corrected chi connectivity index (χ4v) is 4.03. The Balaban J connectivity index is 1.50. The molecule has 35 heavy (non-hydrogen) atoms. The predicted octanol–water partition coefficient (Wildman–Crippen LogP) is 4.52. The molecule has 1 aliphatic heterocycles. The van der Waals surface area contributed by atoms with Gasteiger partial charge in [0.15, 0.2) is 17.2 Å². The van der Waals surface area contributed by atoms with Gasteiger partial charge < -0.3 is 19.9 Å². The molecule has 0 aliphatic carbocycles. The zero-order valence-corrected chi connectivity index (χ0v) is 19.3. The number of aromatic nitrogens is 4. The molecule has 1 aliphatic rings. The summed E-state index contributed by atoms with van der Waals surface area (Å²) in [4.78, 5) is 24.3. The lowest BCUT2D eigenvalue weighted by atomic mass is 10.1. The Morgan fingerprint density at radius 2 is 2.00 bits per heavy atom. The van der Waals surface area contributed by atoms with Crippen molar-refractivity contribution in [2.75, 3.05) is 38.5 Å². The number of nitrogens with one attached hydrogen (secondary N) is 2. The zero-order valence-electron chi connectivity index (χ0n) is 18.6. The highest BCUT2D eigenvalue weighted by Crippen LogP contribution is 2.36. The minimum Gasteiger partial charge on any atom is -0.421 e. The highest BCUT2D eigenvalue weighted by molar-refractivity contribution is 6.33. The van der Waals surface area contributed by atoms with Crippen LogP contribution in [0.25, 0.3) is 22.3 Å². The molecule has 2 aromatic carbocycles. The number of halogens is 3. The van der Waals surface area contributed by atoms with Gasteiger partial charge in [0.25, 0.3) is 0 Å². The maximum absolute atomic E-state index is 14.2. The van der Waals surface area contributed by atoms with Gasteiger partial charge in [0.1, 0.15) is 17.3 Å². The molecule has 2 N–H and O–H groups in total. The summed E-state index contributed by atoms with van der Waals surface area (Å²) in [6.45, 7) is 2.11. The Morgan fingerprint density at radius 3 is 2.74 bits per heavy atom. The summed E-state index contributed by atoms with van der Waals surface area (Å²) in [5, 5.41) is 11.5. The number of hydrogen-bond acceptors (Lipinski definition) is 6. The summed E-state index contributed by atoms with van der Waals surface area (Å²) in [7, 11) is 1.75. The third-order valence-corrected chi connectivity index (χ3v) is 5.93. The van der Waals surface area contributed by atoms with Crippen LogP contribution in [-0.4, -0.2) is 69.2 Å². The monoisotopic (exact) mass is 499 g/mol. The SMILES string of the molecule is CN1CCN(CCNc2nc(Oc3ccc(F)cc3F)nc3[nH]nc(-c4ccccc4Cl)c23)C1=O. The van der Waals surface area contributed by atoms with Crippen LogP contribution in [-0.2, 0) is 0 Å². The van der Waals surface area contributed by atoms with Crippen LogP contribution in [0, 0.1) is 11.6 Å². The van der Waals surface area contributed by atoms with Crippen molar-refractivity contribution in [1.29, 1.82) is 0 Å². The molecule has 180 valence electrons. The Labute approximate surface area is 203 Å². The number of anilines is 1. The van der Waals surface area contributed by atoms with Crippen molar-refractivity contribution >= 4 is 34.5 Å². The molecule has 0 saturated carbocycles. The zero-order chi connectivity index (χ0) is 24.5. The van der Waals surface area contributed by atoms with Gasteiger partial charge in [-0.05, 0) is 18.2 Å². The molecule has 0 spiro atoms. The van der Waals surface area contributed by atoms with Crippen LogP contribution in [0.15, 0.2) is 42.5 Å². The summed E-state index contributed by atoms with van der Waals surface area (Å²) >= 11 is 6.40. The van der Waals surface area contributed by atoms with E-state index < -0.39 is 11.6 Å². The molecule has 4 aromatic rings. The standard InChI is InChI=1S/C23H20ClF2N7O2/c1-32-10-11-33(23(32)34)9-8-27-20-18-19(14-4-2-3-5-15(14)24)30-31-21(18)29-22(28-20)35-17-7-6-13(25)12-16(17)26/h2-7,12H,8-11H2,1H3,(H2,27,28,29,30,31). The number of ether oxygens (including phenoxy) is 1. The summed E-state index contributed by atoms with van der Waals surface area (Å²) in [6.07, 6.45) is 0. The van der Waals surface area contributed by atoms with Gasteiger partial charge in [0.05, 0.1) is 10.4 Å². The number of rotatable bonds is 7. The number of aromatic amines is 1. The van der Waals surface area contributed by atoms with Crippen LogP contribution in [0.1, 0.15) is 0 Å². The fourth-order valence-electron chi connectivity index (χ4n) is 3.81. The molecular formula is C23H20ClF2N7O2. The molecule has 5 rings (SSSR count). The summed E-state index contributed by atoms with van der Waals surface area (Å²) in [5.41, 5.74) is 1.51. The molecule has 12 heteroatoms. The first-order chi connectivity index (χ1) is 16.9. The molecule has 0 atom stereocenters. The number of amides is 2. The molecule has 1 fully saturated rings. The van der Waals surface area contributed by atoms with Gasteiger partial charge >= 0.3 is 12.0 Å². The van der Waals surface area contributed by atoms with Crippen LogP contribution in [0.3, 0.4) is 0 Å². The number of urea groups is 1. The molecular weight excluding hydrogens is 480 g/mol. The Bertz CT molecular complexity index is 1410. The van der Waals surface area contributed by atoms with E-state index in [2.05, 4.69) is 25.5 Å². The molecule has 0 bridgehead atoms. The van der Waals surface area contributed by atoms with Crippen molar-refractivity contribution in [2.45, 2.75) is 0 Å². The Hall–Kier alpha value is -3.99. The fraction of sp³-hybridized carbons (Fsp3) is 0.217. The number of nitrogens with zero attached hydrogens (tertiary/aromatic N) is 5. The van der Waals surface area contributed by atoms with Crippen LogP contribution in [0.4, 0.5) is 19.4 Å². The van der Waals surface area contributed by atoms with E-state index in [1.54, 1.807) is 22.9 Å². The highest BCUT2D eigenvalue weighted by atomic mass is 35.5. The number of carbonyl (C=O) groups excluding carboxylic acids is 1. The van der Waals surface area contributed by atoms with Gasteiger partial charge in [0.2, 0.25) is 0 Å². The number of likely N-dealkylation sites (N-methyl/N-ethyl adjacent to an activating group) is 1. The first-order valence-electron chi connectivity index (χ1n) is 10.8. The number of H-pyrrole nitrogens is 1. The number of hydrogen-bond donors (Lipinski definition) is 2. The molecule has 2 amide bonds. The van der Waals surface area contributed by atoms with Gasteiger partial charge in [-0.3, -0.25) is 5.10 Å². The minimum absolute atomic E-state index is 0.0458. The summed E-state index contributed by atoms with van der Waals surface area (Å²) < 4.78 is 32.9. The lowest BCUT2D eigenvalue weighted by Gasteiger charge is -2.17. The summed E-state index contributed by atoms with van der Waals surface area (Å²) in [5.74, 6) is -1.49. The molecule has 3 heterocycles. The van der Waals surface area contributed by atoms with Crippen LogP contribution < -0.4 is 10.1 Å². The van der Waals surface area contributed by atoms with E-state index in [9.17, 15) is 13.6 Å². The molecule has 9 nitrogen and oxygen atoms in total. The topological polar surface area (TPSA) is 99.3 Å². The third-order valence-electron chi connectivity index (χ3n) is 5.60. The van der Waals surface area contributed by atoms with Crippen molar-refractivity contribution in [1.82, 2.24) is 30.0 Å². The summed E-state index contributed by atoms with van der Waals surface area (Å²) in [6, 6.07) is 9.93. The van der Waals surface area contributed by atoms with Gasteiger partial charge in [-0.1, -0.05) is 29.8 Å². The molecule has 0 unspecified atom stereocenters. The van der Waals surface area contributed by atoms with Crippen molar-refractivity contribution in [3.63, 3.8) is 0 Å². The number of fused-ring (bicyclic) bond motifs is 1. The second kappa shape index (κ2) is 9.34. The van der Waals surface area contributed by atoms with E-state index in [1.807, 2.05) is 18.2 Å². The molecule has 0 radical (unpaired) electrons. The smallest absolute Gasteiger partial charge is 0.326 e. The maximum Gasteiger partial charge on any atom is 0.326 e. The van der Waals surface area contributed by atoms with Crippen molar-refractivity contribution in [2.24, 2.45) is 0 Å². The van der Waals surface area contributed by atoms with Gasteiger partial charge in [-0.2, -0.15) is 15.1 Å². The van der Waals surface area contributed by atoms with Crippen molar-refractivity contribution in [3.05, 3.63) is 59.1 Å². The van der Waals surface area contributed by atoms with Gasteiger partial charge in [-0.25, -0.2) is 13.6 Å². The second-order valence-electron chi connectivity index (χ2n) is 7.93. The second-order valence-corrected chi connectivity index (χ2v) is 8.33. The van der Waals surface area contributed by atoms with Crippen LogP contribution in [0.5, 0.6) is 11.8 Å². The van der Waals surface area contributed by atoms with E-state index in [4.69, 9.17) is 16.3 Å². The average molecular weight is 500 g/mol. The van der Waals surface area contributed by atoms with Crippen molar-refractivity contribution in [3.8, 4) is 23.0 Å². The number of carbonyl (C=O) groups is 1. The van der Waals surface area contributed by atoms with Crippen LogP contribution in [0.2, 0.25) is 5.02 Å². The predicted molar refractivity (Wildman–Crippen MR) is 127 cm³/mol. The largest absolute Gasteiger partial charge is 0.421 e. The van der Waals surface area contributed by atoms with Gasteiger partial charge in [-0.15, -0.1) is 0 Å². The maximum atomic E-state index is 14.2. The first-order valence-corrected chi connectivity index (χ1v) is 11.2. The lowest BCUT2D eigenvalue weighted by Crippen LogP contribution is -2.33. The molecule has 1 saturated heterocycles. The molecule has 2 aromatic heterocycles.